The number of alkyl halides is 3. The Morgan fingerprint density at radius 1 is 1.18 bits per heavy atom. The van der Waals surface area contributed by atoms with Crippen LogP contribution in [0.1, 0.15) is 35.6 Å². The number of rotatable bonds is 5. The number of nitrogens with zero attached hydrogens (tertiary/aromatic N) is 1. The van der Waals surface area contributed by atoms with Crippen LogP contribution in [-0.4, -0.2) is 36.2 Å². The summed E-state index contributed by atoms with van der Waals surface area (Å²) >= 11 is 0. The molecule has 0 spiro atoms. The summed E-state index contributed by atoms with van der Waals surface area (Å²) in [6.07, 6.45) is -3.08. The minimum atomic E-state index is -4.40. The van der Waals surface area contributed by atoms with E-state index in [1.807, 2.05) is 23.1 Å². The predicted octanol–water partition coefficient (Wildman–Crippen LogP) is 4.60. The molecular formula is C21H22F3NO3. The van der Waals surface area contributed by atoms with E-state index in [2.05, 4.69) is 0 Å². The van der Waals surface area contributed by atoms with Gasteiger partial charge in [0, 0.05) is 6.54 Å². The molecule has 0 bridgehead atoms. The van der Waals surface area contributed by atoms with E-state index in [4.69, 9.17) is 4.74 Å². The lowest BCUT2D eigenvalue weighted by Crippen LogP contribution is -2.41. The minimum Gasteiger partial charge on any atom is -0.497 e. The van der Waals surface area contributed by atoms with Gasteiger partial charge in [-0.05, 0) is 54.8 Å². The lowest BCUT2D eigenvalue weighted by atomic mass is 9.91. The van der Waals surface area contributed by atoms with Gasteiger partial charge in [-0.2, -0.15) is 13.2 Å². The standard InChI is InChI=1S/C21H22F3NO3/c1-28-18-6-2-4-15(12-18)19(25-11-3-5-16(13-25)20(26)27)14-7-9-17(10-8-14)21(22,23)24/h2,4,6-10,12,16,19H,3,5,11,13H2,1H3,(H,26,27). The Kier molecular flexibility index (Phi) is 5.93. The summed E-state index contributed by atoms with van der Waals surface area (Å²) < 4.78 is 44.1. The molecule has 0 amide bonds. The molecule has 28 heavy (non-hydrogen) atoms. The van der Waals surface area contributed by atoms with Gasteiger partial charge < -0.3 is 9.84 Å². The highest BCUT2D eigenvalue weighted by atomic mass is 19.4. The van der Waals surface area contributed by atoms with Crippen molar-refractivity contribution >= 4 is 5.97 Å². The van der Waals surface area contributed by atoms with Crippen molar-refractivity contribution in [3.05, 3.63) is 65.2 Å². The highest BCUT2D eigenvalue weighted by molar-refractivity contribution is 5.70. The average molecular weight is 393 g/mol. The van der Waals surface area contributed by atoms with E-state index in [1.54, 1.807) is 13.2 Å². The van der Waals surface area contributed by atoms with Crippen LogP contribution in [0.5, 0.6) is 5.75 Å². The number of benzene rings is 2. The number of hydrogen-bond acceptors (Lipinski definition) is 3. The molecule has 1 aliphatic rings. The van der Waals surface area contributed by atoms with Crippen molar-refractivity contribution in [2.24, 2.45) is 5.92 Å². The maximum absolute atomic E-state index is 12.9. The van der Waals surface area contributed by atoms with Crippen LogP contribution >= 0.6 is 0 Å². The Bertz CT molecular complexity index is 820. The van der Waals surface area contributed by atoms with E-state index >= 15 is 0 Å². The van der Waals surface area contributed by atoms with Gasteiger partial charge in [-0.3, -0.25) is 9.69 Å². The molecule has 0 radical (unpaired) electrons. The zero-order valence-electron chi connectivity index (χ0n) is 15.4. The second-order valence-corrected chi connectivity index (χ2v) is 6.97. The van der Waals surface area contributed by atoms with Crippen molar-refractivity contribution in [1.29, 1.82) is 0 Å². The summed E-state index contributed by atoms with van der Waals surface area (Å²) in [5, 5.41) is 9.42. The lowest BCUT2D eigenvalue weighted by Gasteiger charge is -2.37. The van der Waals surface area contributed by atoms with Crippen LogP contribution in [0, 0.1) is 5.92 Å². The van der Waals surface area contributed by atoms with Crippen LogP contribution in [0.3, 0.4) is 0 Å². The smallest absolute Gasteiger partial charge is 0.416 e. The summed E-state index contributed by atoms with van der Waals surface area (Å²) in [6.45, 7) is 1.02. The number of methoxy groups -OCH3 is 1. The highest BCUT2D eigenvalue weighted by Gasteiger charge is 2.33. The maximum Gasteiger partial charge on any atom is 0.416 e. The molecule has 2 atom stereocenters. The normalized spacial score (nSPS) is 19.2. The summed E-state index contributed by atoms with van der Waals surface area (Å²) in [5.74, 6) is -0.695. The second-order valence-electron chi connectivity index (χ2n) is 6.97. The molecule has 4 nitrogen and oxygen atoms in total. The van der Waals surface area contributed by atoms with Crippen LogP contribution in [0.4, 0.5) is 13.2 Å². The molecule has 1 aliphatic heterocycles. The molecule has 0 aromatic heterocycles. The number of piperidine rings is 1. The van der Waals surface area contributed by atoms with Crippen LogP contribution < -0.4 is 4.74 Å². The van der Waals surface area contributed by atoms with Crippen LogP contribution in [0.2, 0.25) is 0 Å². The van der Waals surface area contributed by atoms with E-state index in [-0.39, 0.29) is 6.04 Å². The first kappa shape index (κ1) is 20.2. The third kappa shape index (κ3) is 4.47. The van der Waals surface area contributed by atoms with E-state index in [0.29, 0.717) is 30.8 Å². The van der Waals surface area contributed by atoms with Crippen molar-refractivity contribution in [3.63, 3.8) is 0 Å². The lowest BCUT2D eigenvalue weighted by molar-refractivity contribution is -0.144. The average Bonchev–Trinajstić information content (AvgIpc) is 2.68. The highest BCUT2D eigenvalue weighted by Crippen LogP contribution is 2.36. The fourth-order valence-electron chi connectivity index (χ4n) is 3.72. The van der Waals surface area contributed by atoms with Crippen LogP contribution in [-0.2, 0) is 11.0 Å². The Labute approximate surface area is 161 Å². The molecule has 150 valence electrons. The van der Waals surface area contributed by atoms with Gasteiger partial charge in [-0.25, -0.2) is 0 Å². The van der Waals surface area contributed by atoms with Crippen molar-refractivity contribution in [3.8, 4) is 5.75 Å². The number of ether oxygens (including phenoxy) is 1. The first-order chi connectivity index (χ1) is 13.3. The van der Waals surface area contributed by atoms with E-state index in [9.17, 15) is 23.1 Å². The topological polar surface area (TPSA) is 49.8 Å². The molecule has 1 N–H and O–H groups in total. The molecule has 7 heteroatoms. The van der Waals surface area contributed by atoms with Gasteiger partial charge >= 0.3 is 12.1 Å². The Balaban J connectivity index is 2.00. The van der Waals surface area contributed by atoms with Crippen molar-refractivity contribution in [2.75, 3.05) is 20.2 Å². The van der Waals surface area contributed by atoms with E-state index < -0.39 is 23.6 Å². The van der Waals surface area contributed by atoms with Gasteiger partial charge in [0.05, 0.1) is 24.6 Å². The van der Waals surface area contributed by atoms with Gasteiger partial charge in [0.2, 0.25) is 0 Å². The number of carboxylic acids is 1. The molecule has 2 aromatic rings. The molecule has 1 fully saturated rings. The van der Waals surface area contributed by atoms with Gasteiger partial charge in [-0.15, -0.1) is 0 Å². The summed E-state index contributed by atoms with van der Waals surface area (Å²) in [7, 11) is 1.55. The Morgan fingerprint density at radius 2 is 1.89 bits per heavy atom. The van der Waals surface area contributed by atoms with Gasteiger partial charge in [-0.1, -0.05) is 24.3 Å². The zero-order chi connectivity index (χ0) is 20.3. The number of hydrogen-bond donors (Lipinski definition) is 1. The third-order valence-corrected chi connectivity index (χ3v) is 5.13. The molecule has 3 rings (SSSR count). The fraction of sp³-hybridized carbons (Fsp3) is 0.381. The quantitative estimate of drug-likeness (QED) is 0.807. The fourth-order valence-corrected chi connectivity index (χ4v) is 3.72. The summed E-state index contributed by atoms with van der Waals surface area (Å²) in [4.78, 5) is 13.5. The first-order valence-corrected chi connectivity index (χ1v) is 9.07. The van der Waals surface area contributed by atoms with Crippen molar-refractivity contribution in [2.45, 2.75) is 25.1 Å². The molecule has 2 unspecified atom stereocenters. The molecular weight excluding hydrogens is 371 g/mol. The van der Waals surface area contributed by atoms with Crippen LogP contribution in [0.15, 0.2) is 48.5 Å². The molecule has 1 heterocycles. The van der Waals surface area contributed by atoms with Crippen molar-refractivity contribution < 1.29 is 27.8 Å². The molecule has 1 saturated heterocycles. The summed E-state index contributed by atoms with van der Waals surface area (Å²) in [5.41, 5.74) is 0.833. The molecule has 0 aliphatic carbocycles. The molecule has 2 aromatic carbocycles. The van der Waals surface area contributed by atoms with E-state index in [1.165, 1.54) is 12.1 Å². The van der Waals surface area contributed by atoms with Crippen LogP contribution in [0.25, 0.3) is 0 Å². The predicted molar refractivity (Wildman–Crippen MR) is 98.2 cm³/mol. The SMILES string of the molecule is COc1cccc(C(c2ccc(C(F)(F)F)cc2)N2CCCC(C(=O)O)C2)c1. The van der Waals surface area contributed by atoms with Crippen molar-refractivity contribution in [1.82, 2.24) is 4.90 Å². The first-order valence-electron chi connectivity index (χ1n) is 9.07. The largest absolute Gasteiger partial charge is 0.497 e. The van der Waals surface area contributed by atoms with Gasteiger partial charge in [0.1, 0.15) is 5.75 Å². The van der Waals surface area contributed by atoms with Gasteiger partial charge in [0.15, 0.2) is 0 Å². The number of carbonyl (C=O) groups is 1. The number of aliphatic carboxylic acids is 1. The second kappa shape index (κ2) is 8.22. The Morgan fingerprint density at radius 3 is 2.50 bits per heavy atom. The third-order valence-electron chi connectivity index (χ3n) is 5.13. The Hall–Kier alpha value is -2.54. The maximum atomic E-state index is 12.9. The monoisotopic (exact) mass is 393 g/mol. The number of halogens is 3. The number of likely N-dealkylation sites (tertiary alicyclic amines) is 1. The number of carboxylic acid groups (broad SMARTS) is 1. The van der Waals surface area contributed by atoms with E-state index in [0.717, 1.165) is 24.1 Å². The summed E-state index contributed by atoms with van der Waals surface area (Å²) in [6, 6.07) is 12.1. The minimum absolute atomic E-state index is 0.345. The zero-order valence-corrected chi connectivity index (χ0v) is 15.4. The molecule has 0 saturated carbocycles. The van der Waals surface area contributed by atoms with Gasteiger partial charge in [0.25, 0.3) is 0 Å².